The quantitative estimate of drug-likeness (QED) is 0.748. The highest BCUT2D eigenvalue weighted by Gasteiger charge is 2.50. The molecule has 4 heteroatoms. The van der Waals surface area contributed by atoms with Crippen LogP contribution in [0.5, 0.6) is 0 Å². The standard InChI is InChI=1S/C18H16N2O2/c1-19-11-14(12-7-3-5-9-15(12)19)18(22)13-8-4-6-10-16(13)20(2)17(18)21/h3-11,22H,1-2H3. The Morgan fingerprint density at radius 3 is 2.45 bits per heavy atom. The van der Waals surface area contributed by atoms with Gasteiger partial charge >= 0.3 is 0 Å². The molecule has 1 aromatic heterocycles. The van der Waals surface area contributed by atoms with E-state index >= 15 is 0 Å². The van der Waals surface area contributed by atoms with E-state index in [-0.39, 0.29) is 5.91 Å². The van der Waals surface area contributed by atoms with Gasteiger partial charge in [0, 0.05) is 42.3 Å². The summed E-state index contributed by atoms with van der Waals surface area (Å²) in [5, 5.41) is 12.3. The van der Waals surface area contributed by atoms with Crippen molar-refractivity contribution in [3.05, 3.63) is 65.9 Å². The molecule has 0 bridgehead atoms. The number of aryl methyl sites for hydroxylation is 1. The molecule has 0 saturated carbocycles. The fourth-order valence-corrected chi connectivity index (χ4v) is 3.43. The van der Waals surface area contributed by atoms with Crippen molar-refractivity contribution in [3.8, 4) is 0 Å². The normalized spacial score (nSPS) is 20.7. The first-order valence-corrected chi connectivity index (χ1v) is 7.19. The van der Waals surface area contributed by atoms with Gasteiger partial charge in [-0.3, -0.25) is 4.79 Å². The van der Waals surface area contributed by atoms with Gasteiger partial charge in [0.25, 0.3) is 5.91 Å². The number of likely N-dealkylation sites (N-methyl/N-ethyl adjacent to an activating group) is 1. The number of fused-ring (bicyclic) bond motifs is 2. The maximum Gasteiger partial charge on any atom is 0.268 e. The Balaban J connectivity index is 2.08. The van der Waals surface area contributed by atoms with Gasteiger partial charge in [0.1, 0.15) is 0 Å². The first kappa shape index (κ1) is 13.1. The van der Waals surface area contributed by atoms with Crippen LogP contribution in [0.15, 0.2) is 54.7 Å². The number of amides is 1. The Morgan fingerprint density at radius 1 is 0.955 bits per heavy atom. The predicted molar refractivity (Wildman–Crippen MR) is 85.8 cm³/mol. The van der Waals surface area contributed by atoms with Crippen LogP contribution in [0.4, 0.5) is 5.69 Å². The van der Waals surface area contributed by atoms with Gasteiger partial charge in [0.2, 0.25) is 0 Å². The summed E-state index contributed by atoms with van der Waals surface area (Å²) in [5.74, 6) is -0.315. The molecule has 22 heavy (non-hydrogen) atoms. The zero-order valence-corrected chi connectivity index (χ0v) is 12.4. The van der Waals surface area contributed by atoms with E-state index in [0.717, 1.165) is 16.6 Å². The molecule has 1 N–H and O–H groups in total. The second-order valence-electron chi connectivity index (χ2n) is 5.76. The van der Waals surface area contributed by atoms with Gasteiger partial charge in [-0.05, 0) is 12.1 Å². The number of aliphatic hydroxyl groups is 1. The summed E-state index contributed by atoms with van der Waals surface area (Å²) in [7, 11) is 3.62. The largest absolute Gasteiger partial charge is 0.372 e. The maximum atomic E-state index is 12.8. The molecule has 1 aliphatic heterocycles. The molecule has 0 spiro atoms. The topological polar surface area (TPSA) is 45.5 Å². The summed E-state index contributed by atoms with van der Waals surface area (Å²) in [6.07, 6.45) is 1.85. The zero-order valence-electron chi connectivity index (χ0n) is 12.4. The van der Waals surface area contributed by atoms with Gasteiger partial charge in [-0.25, -0.2) is 0 Å². The van der Waals surface area contributed by atoms with Crippen LogP contribution < -0.4 is 4.90 Å². The lowest BCUT2D eigenvalue weighted by Crippen LogP contribution is -2.39. The Hall–Kier alpha value is -2.59. The lowest BCUT2D eigenvalue weighted by atomic mass is 9.87. The average Bonchev–Trinajstić information content (AvgIpc) is 2.99. The molecule has 4 rings (SSSR count). The van der Waals surface area contributed by atoms with Crippen LogP contribution in [0.1, 0.15) is 11.1 Å². The number of hydrogen-bond acceptors (Lipinski definition) is 2. The lowest BCUT2D eigenvalue weighted by Gasteiger charge is -2.21. The second-order valence-corrected chi connectivity index (χ2v) is 5.76. The summed E-state index contributed by atoms with van der Waals surface area (Å²) >= 11 is 0. The van der Waals surface area contributed by atoms with Gasteiger partial charge in [-0.2, -0.15) is 0 Å². The highest BCUT2D eigenvalue weighted by atomic mass is 16.3. The van der Waals surface area contributed by atoms with E-state index in [1.807, 2.05) is 66.3 Å². The van der Waals surface area contributed by atoms with Crippen LogP contribution >= 0.6 is 0 Å². The molecule has 1 aliphatic rings. The van der Waals surface area contributed by atoms with Crippen LogP contribution in [0.3, 0.4) is 0 Å². The number of hydrogen-bond donors (Lipinski definition) is 1. The Labute approximate surface area is 128 Å². The van der Waals surface area contributed by atoms with Crippen LogP contribution in [-0.4, -0.2) is 22.6 Å². The molecule has 2 heterocycles. The molecular weight excluding hydrogens is 276 g/mol. The zero-order chi connectivity index (χ0) is 15.5. The van der Waals surface area contributed by atoms with Crippen LogP contribution in [-0.2, 0) is 17.4 Å². The average molecular weight is 292 g/mol. The minimum Gasteiger partial charge on any atom is -0.372 e. The van der Waals surface area contributed by atoms with E-state index in [1.165, 1.54) is 4.90 Å². The molecule has 0 saturated heterocycles. The third kappa shape index (κ3) is 1.42. The monoisotopic (exact) mass is 292 g/mol. The second kappa shape index (κ2) is 4.21. The van der Waals surface area contributed by atoms with Crippen LogP contribution in [0, 0.1) is 0 Å². The number of benzene rings is 2. The maximum absolute atomic E-state index is 12.8. The van der Waals surface area contributed by atoms with Crippen molar-refractivity contribution in [3.63, 3.8) is 0 Å². The van der Waals surface area contributed by atoms with E-state index in [2.05, 4.69) is 0 Å². The Bertz CT molecular complexity index is 912. The minimum absolute atomic E-state index is 0.315. The number of carbonyl (C=O) groups excluding carboxylic acids is 1. The number of para-hydroxylation sites is 2. The molecule has 0 fully saturated rings. The molecule has 1 atom stereocenters. The molecule has 110 valence electrons. The van der Waals surface area contributed by atoms with Crippen molar-refractivity contribution < 1.29 is 9.90 Å². The summed E-state index contributed by atoms with van der Waals surface area (Å²) in [6, 6.07) is 15.2. The van der Waals surface area contributed by atoms with E-state index in [9.17, 15) is 9.90 Å². The Kier molecular flexibility index (Phi) is 2.51. The van der Waals surface area contributed by atoms with Gasteiger partial charge in [0.05, 0.1) is 5.69 Å². The van der Waals surface area contributed by atoms with Gasteiger partial charge < -0.3 is 14.6 Å². The number of anilines is 1. The highest BCUT2D eigenvalue weighted by molar-refractivity contribution is 6.10. The number of rotatable bonds is 1. The van der Waals surface area contributed by atoms with Gasteiger partial charge in [0.15, 0.2) is 5.60 Å². The van der Waals surface area contributed by atoms with Crippen molar-refractivity contribution >= 4 is 22.5 Å². The summed E-state index contributed by atoms with van der Waals surface area (Å²) < 4.78 is 1.94. The fraction of sp³-hybridized carbons (Fsp3) is 0.167. The molecule has 1 unspecified atom stereocenters. The highest BCUT2D eigenvalue weighted by Crippen LogP contribution is 2.45. The van der Waals surface area contributed by atoms with E-state index in [1.54, 1.807) is 7.05 Å². The van der Waals surface area contributed by atoms with Crippen molar-refractivity contribution in [1.29, 1.82) is 0 Å². The summed E-state index contributed by atoms with van der Waals surface area (Å²) in [4.78, 5) is 14.3. The molecule has 0 radical (unpaired) electrons. The smallest absolute Gasteiger partial charge is 0.268 e. The SMILES string of the molecule is CN1C(=O)C(O)(c2cn(C)c3ccccc23)c2ccccc21. The lowest BCUT2D eigenvalue weighted by molar-refractivity contribution is -0.131. The molecule has 3 aromatic rings. The minimum atomic E-state index is -1.63. The first-order chi connectivity index (χ1) is 10.5. The van der Waals surface area contributed by atoms with Crippen molar-refractivity contribution in [1.82, 2.24) is 4.57 Å². The van der Waals surface area contributed by atoms with Crippen molar-refractivity contribution in [2.24, 2.45) is 7.05 Å². The number of carbonyl (C=O) groups is 1. The molecule has 4 nitrogen and oxygen atoms in total. The molecular formula is C18H16N2O2. The van der Waals surface area contributed by atoms with Gasteiger partial charge in [-0.1, -0.05) is 36.4 Å². The van der Waals surface area contributed by atoms with E-state index in [4.69, 9.17) is 0 Å². The van der Waals surface area contributed by atoms with E-state index < -0.39 is 5.60 Å². The number of aromatic nitrogens is 1. The predicted octanol–water partition coefficient (Wildman–Crippen LogP) is 2.39. The summed E-state index contributed by atoms with van der Waals surface area (Å²) in [5.41, 5.74) is 1.38. The third-order valence-corrected chi connectivity index (χ3v) is 4.56. The van der Waals surface area contributed by atoms with Crippen LogP contribution in [0.25, 0.3) is 10.9 Å². The van der Waals surface area contributed by atoms with Crippen LogP contribution in [0.2, 0.25) is 0 Å². The molecule has 0 aliphatic carbocycles. The van der Waals surface area contributed by atoms with E-state index in [0.29, 0.717) is 11.1 Å². The van der Waals surface area contributed by atoms with Crippen molar-refractivity contribution in [2.75, 3.05) is 11.9 Å². The fourth-order valence-electron chi connectivity index (χ4n) is 3.43. The van der Waals surface area contributed by atoms with Gasteiger partial charge in [-0.15, -0.1) is 0 Å². The Morgan fingerprint density at radius 2 is 1.64 bits per heavy atom. The third-order valence-electron chi connectivity index (χ3n) is 4.56. The molecule has 2 aromatic carbocycles. The summed E-state index contributed by atoms with van der Waals surface area (Å²) in [6.45, 7) is 0. The van der Waals surface area contributed by atoms with Crippen molar-refractivity contribution in [2.45, 2.75) is 5.60 Å². The first-order valence-electron chi connectivity index (χ1n) is 7.19. The number of nitrogens with zero attached hydrogens (tertiary/aromatic N) is 2. The molecule has 1 amide bonds.